The number of nitrogens with one attached hydrogen (secondary N) is 3. The molecule has 0 saturated heterocycles. The number of rotatable bonds is 7. The highest BCUT2D eigenvalue weighted by Crippen LogP contribution is 2.27. The fourth-order valence-electron chi connectivity index (χ4n) is 2.89. The van der Waals surface area contributed by atoms with Crippen molar-refractivity contribution in [2.45, 2.75) is 51.4 Å². The van der Waals surface area contributed by atoms with Crippen molar-refractivity contribution >= 4 is 11.9 Å². The minimum absolute atomic E-state index is 0.199. The Morgan fingerprint density at radius 3 is 2.33 bits per heavy atom. The van der Waals surface area contributed by atoms with Gasteiger partial charge in [0.2, 0.25) is 5.91 Å². The van der Waals surface area contributed by atoms with Gasteiger partial charge >= 0.3 is 0 Å². The third-order valence-electron chi connectivity index (χ3n) is 4.42. The van der Waals surface area contributed by atoms with Crippen LogP contribution >= 0.6 is 0 Å². The Labute approximate surface area is 128 Å². The molecule has 2 saturated carbocycles. The zero-order valence-electron chi connectivity index (χ0n) is 13.3. The molecule has 0 spiro atoms. The summed E-state index contributed by atoms with van der Waals surface area (Å²) in [6.07, 6.45) is 9.75. The van der Waals surface area contributed by atoms with Crippen molar-refractivity contribution in [3.05, 3.63) is 0 Å². The van der Waals surface area contributed by atoms with Crippen molar-refractivity contribution in [1.29, 1.82) is 0 Å². The molecule has 0 aromatic carbocycles. The molecular weight excluding hydrogens is 264 g/mol. The maximum absolute atomic E-state index is 11.9. The van der Waals surface area contributed by atoms with Crippen LogP contribution in [0.4, 0.5) is 0 Å². The van der Waals surface area contributed by atoms with Crippen LogP contribution in [-0.2, 0) is 4.79 Å². The first-order valence-corrected chi connectivity index (χ1v) is 8.49. The summed E-state index contributed by atoms with van der Waals surface area (Å²) in [6, 6.07) is 0. The largest absolute Gasteiger partial charge is 0.356 e. The van der Waals surface area contributed by atoms with E-state index in [0.717, 1.165) is 25.0 Å². The molecule has 0 bridgehead atoms. The third kappa shape index (κ3) is 6.82. The summed E-state index contributed by atoms with van der Waals surface area (Å²) in [6.45, 7) is 2.39. The van der Waals surface area contributed by atoms with Crippen LogP contribution in [0.2, 0.25) is 0 Å². The van der Waals surface area contributed by atoms with Gasteiger partial charge in [0, 0.05) is 33.1 Å². The van der Waals surface area contributed by atoms with Crippen LogP contribution in [0.5, 0.6) is 0 Å². The molecular formula is C16H30N4O. The Hall–Kier alpha value is -1.26. The molecule has 1 amide bonds. The quantitative estimate of drug-likeness (QED) is 0.380. The standard InChI is InChI=1S/C16H30N4O/c1-17-16(20-12-14-7-8-14)19-10-9-18-15(21)11-13-5-3-2-4-6-13/h13-14H,2-12H2,1H3,(H,18,21)(H2,17,19,20). The first-order chi connectivity index (χ1) is 10.3. The number of carbonyl (C=O) groups is 1. The number of aliphatic imine (C=N–C) groups is 1. The number of nitrogens with zero attached hydrogens (tertiary/aromatic N) is 1. The summed E-state index contributed by atoms with van der Waals surface area (Å²) >= 11 is 0. The molecule has 21 heavy (non-hydrogen) atoms. The molecule has 120 valence electrons. The maximum Gasteiger partial charge on any atom is 0.220 e. The topological polar surface area (TPSA) is 65.5 Å². The lowest BCUT2D eigenvalue weighted by Gasteiger charge is -2.20. The van der Waals surface area contributed by atoms with Crippen molar-refractivity contribution < 1.29 is 4.79 Å². The van der Waals surface area contributed by atoms with Crippen LogP contribution in [0.15, 0.2) is 4.99 Å². The van der Waals surface area contributed by atoms with Crippen molar-refractivity contribution in [3.63, 3.8) is 0 Å². The van der Waals surface area contributed by atoms with E-state index in [0.29, 0.717) is 18.9 Å². The van der Waals surface area contributed by atoms with Crippen LogP contribution in [0, 0.1) is 11.8 Å². The highest BCUT2D eigenvalue weighted by atomic mass is 16.1. The van der Waals surface area contributed by atoms with E-state index in [1.54, 1.807) is 7.05 Å². The lowest BCUT2D eigenvalue weighted by atomic mass is 9.87. The number of carbonyl (C=O) groups excluding carboxylic acids is 1. The van der Waals surface area contributed by atoms with E-state index in [4.69, 9.17) is 0 Å². The highest BCUT2D eigenvalue weighted by molar-refractivity contribution is 5.80. The Morgan fingerprint density at radius 1 is 0.952 bits per heavy atom. The van der Waals surface area contributed by atoms with E-state index in [2.05, 4.69) is 20.9 Å². The Kier molecular flexibility index (Phi) is 6.83. The second-order valence-electron chi connectivity index (χ2n) is 6.38. The van der Waals surface area contributed by atoms with Gasteiger partial charge in [0.25, 0.3) is 0 Å². The molecule has 2 fully saturated rings. The smallest absolute Gasteiger partial charge is 0.220 e. The monoisotopic (exact) mass is 294 g/mol. The molecule has 3 N–H and O–H groups in total. The fraction of sp³-hybridized carbons (Fsp3) is 0.875. The average molecular weight is 294 g/mol. The van der Waals surface area contributed by atoms with Crippen molar-refractivity contribution in [2.75, 3.05) is 26.7 Å². The summed E-state index contributed by atoms with van der Waals surface area (Å²) < 4.78 is 0. The van der Waals surface area contributed by atoms with Gasteiger partial charge in [0.15, 0.2) is 5.96 Å². The minimum Gasteiger partial charge on any atom is -0.356 e. The van der Waals surface area contributed by atoms with E-state index in [-0.39, 0.29) is 5.91 Å². The minimum atomic E-state index is 0.199. The number of guanidine groups is 1. The molecule has 2 aliphatic carbocycles. The lowest BCUT2D eigenvalue weighted by Crippen LogP contribution is -2.42. The van der Waals surface area contributed by atoms with E-state index >= 15 is 0 Å². The Bertz CT molecular complexity index is 346. The molecule has 0 unspecified atom stereocenters. The number of hydrogen-bond donors (Lipinski definition) is 3. The zero-order chi connectivity index (χ0) is 14.9. The molecule has 2 aliphatic rings. The van der Waals surface area contributed by atoms with Crippen LogP contribution < -0.4 is 16.0 Å². The number of amides is 1. The van der Waals surface area contributed by atoms with Crippen LogP contribution in [0.1, 0.15) is 51.4 Å². The van der Waals surface area contributed by atoms with Gasteiger partial charge in [-0.05, 0) is 37.5 Å². The molecule has 0 atom stereocenters. The molecule has 0 aromatic heterocycles. The van der Waals surface area contributed by atoms with Gasteiger partial charge in [-0.1, -0.05) is 19.3 Å². The predicted molar refractivity (Wildman–Crippen MR) is 86.3 cm³/mol. The summed E-state index contributed by atoms with van der Waals surface area (Å²) in [7, 11) is 1.78. The zero-order valence-corrected chi connectivity index (χ0v) is 13.3. The van der Waals surface area contributed by atoms with Gasteiger partial charge in [-0.3, -0.25) is 9.79 Å². The second-order valence-corrected chi connectivity index (χ2v) is 6.38. The number of hydrogen-bond acceptors (Lipinski definition) is 2. The van der Waals surface area contributed by atoms with Crippen molar-refractivity contribution in [3.8, 4) is 0 Å². The van der Waals surface area contributed by atoms with Crippen molar-refractivity contribution in [2.24, 2.45) is 16.8 Å². The molecule has 5 nitrogen and oxygen atoms in total. The highest BCUT2D eigenvalue weighted by Gasteiger charge is 2.21. The fourth-order valence-corrected chi connectivity index (χ4v) is 2.89. The predicted octanol–water partition coefficient (Wildman–Crippen LogP) is 1.65. The molecule has 2 rings (SSSR count). The van der Waals surface area contributed by atoms with Gasteiger partial charge in [-0.2, -0.15) is 0 Å². The van der Waals surface area contributed by atoms with Crippen LogP contribution in [-0.4, -0.2) is 38.5 Å². The van der Waals surface area contributed by atoms with Gasteiger partial charge in [0.1, 0.15) is 0 Å². The molecule has 0 heterocycles. The van der Waals surface area contributed by atoms with Crippen LogP contribution in [0.25, 0.3) is 0 Å². The first kappa shape index (κ1) is 16.1. The Balaban J connectivity index is 1.50. The maximum atomic E-state index is 11.9. The van der Waals surface area contributed by atoms with Crippen LogP contribution in [0.3, 0.4) is 0 Å². The van der Waals surface area contributed by atoms with E-state index < -0.39 is 0 Å². The summed E-state index contributed by atoms with van der Waals surface area (Å²) in [5, 5.41) is 9.55. The molecule has 0 radical (unpaired) electrons. The normalized spacial score (nSPS) is 20.1. The van der Waals surface area contributed by atoms with E-state index in [9.17, 15) is 4.79 Å². The summed E-state index contributed by atoms with van der Waals surface area (Å²) in [4.78, 5) is 16.0. The summed E-state index contributed by atoms with van der Waals surface area (Å²) in [5.41, 5.74) is 0. The van der Waals surface area contributed by atoms with Gasteiger partial charge in [-0.15, -0.1) is 0 Å². The van der Waals surface area contributed by atoms with E-state index in [1.165, 1.54) is 44.9 Å². The molecule has 5 heteroatoms. The van der Waals surface area contributed by atoms with E-state index in [1.807, 2.05) is 0 Å². The lowest BCUT2D eigenvalue weighted by molar-refractivity contribution is -0.122. The first-order valence-electron chi connectivity index (χ1n) is 8.49. The second kappa shape index (κ2) is 8.90. The van der Waals surface area contributed by atoms with Crippen molar-refractivity contribution in [1.82, 2.24) is 16.0 Å². The SMILES string of the molecule is CN=C(NCCNC(=O)CC1CCCCC1)NCC1CC1. The third-order valence-corrected chi connectivity index (χ3v) is 4.42. The Morgan fingerprint density at radius 2 is 1.67 bits per heavy atom. The summed E-state index contributed by atoms with van der Waals surface area (Å²) in [5.74, 6) is 2.48. The van der Waals surface area contributed by atoms with Gasteiger partial charge in [0.05, 0.1) is 0 Å². The van der Waals surface area contributed by atoms with Gasteiger partial charge in [-0.25, -0.2) is 0 Å². The van der Waals surface area contributed by atoms with Gasteiger partial charge < -0.3 is 16.0 Å². The molecule has 0 aliphatic heterocycles. The molecule has 0 aromatic rings. The average Bonchev–Trinajstić information content (AvgIpc) is 3.32.